The van der Waals surface area contributed by atoms with Gasteiger partial charge in [0.25, 0.3) is 21.5 Å². The number of rotatable bonds is 4. The van der Waals surface area contributed by atoms with Crippen LogP contribution < -0.4 is 15.6 Å². The van der Waals surface area contributed by atoms with Crippen molar-refractivity contribution in [1.82, 2.24) is 14.5 Å². The van der Waals surface area contributed by atoms with Crippen LogP contribution in [0.1, 0.15) is 36.2 Å². The first kappa shape index (κ1) is 21.7. The number of nitrogens with zero attached hydrogens (tertiary/aromatic N) is 3. The number of amides is 1. The first-order chi connectivity index (χ1) is 15.3. The van der Waals surface area contributed by atoms with E-state index in [2.05, 4.69) is 20.1 Å². The summed E-state index contributed by atoms with van der Waals surface area (Å²) in [5.74, 6) is -0.0223. The van der Waals surface area contributed by atoms with Crippen LogP contribution in [-0.4, -0.2) is 36.5 Å². The molecule has 0 bridgehead atoms. The van der Waals surface area contributed by atoms with Gasteiger partial charge >= 0.3 is 0 Å². The average Bonchev–Trinajstić information content (AvgIpc) is 3.05. The van der Waals surface area contributed by atoms with Crippen molar-refractivity contribution >= 4 is 38.2 Å². The Morgan fingerprint density at radius 2 is 1.72 bits per heavy atom. The van der Waals surface area contributed by atoms with E-state index in [1.807, 2.05) is 0 Å². The first-order valence-corrected chi connectivity index (χ1v) is 11.8. The number of nitrogens with one attached hydrogen (secondary N) is 2. The van der Waals surface area contributed by atoms with Gasteiger partial charge in [-0.25, -0.2) is 13.1 Å². The van der Waals surface area contributed by atoms with Gasteiger partial charge in [0, 0.05) is 31.1 Å². The maximum Gasteiger partial charge on any atom is 0.276 e. The summed E-state index contributed by atoms with van der Waals surface area (Å²) in [4.78, 5) is 29.5. The summed E-state index contributed by atoms with van der Waals surface area (Å²) in [5, 5.41) is 7.65. The lowest BCUT2D eigenvalue weighted by Crippen LogP contribution is -2.30. The van der Waals surface area contributed by atoms with Gasteiger partial charge in [-0.1, -0.05) is 24.6 Å². The lowest BCUT2D eigenvalue weighted by molar-refractivity contribution is 0.102. The van der Waals surface area contributed by atoms with Crippen LogP contribution in [0, 0.1) is 0 Å². The molecule has 2 N–H and O–H groups in total. The minimum Gasteiger partial charge on any atom is -0.321 e. The van der Waals surface area contributed by atoms with Gasteiger partial charge in [-0.3, -0.25) is 19.3 Å². The van der Waals surface area contributed by atoms with Gasteiger partial charge in [0.15, 0.2) is 5.69 Å². The Morgan fingerprint density at radius 1 is 1.00 bits per heavy atom. The highest BCUT2D eigenvalue weighted by atomic mass is 32.2. The van der Waals surface area contributed by atoms with Gasteiger partial charge < -0.3 is 5.32 Å². The van der Waals surface area contributed by atoms with Gasteiger partial charge in [-0.2, -0.15) is 5.10 Å². The number of fused-ring (bicyclic) bond motifs is 1. The Balaban J connectivity index is 1.54. The molecule has 1 amide bonds. The van der Waals surface area contributed by atoms with E-state index in [4.69, 9.17) is 0 Å². The molecular weight excluding hydrogens is 430 g/mol. The lowest BCUT2D eigenvalue weighted by Gasteiger charge is -2.11. The van der Waals surface area contributed by atoms with Gasteiger partial charge in [0.05, 0.1) is 10.3 Å². The van der Waals surface area contributed by atoms with E-state index < -0.39 is 15.9 Å². The average molecular weight is 454 g/mol. The number of aryl methyl sites for hydroxylation is 1. The molecule has 3 aromatic rings. The van der Waals surface area contributed by atoms with Crippen molar-refractivity contribution in [3.8, 4) is 0 Å². The number of amidine groups is 1. The molecule has 2 heterocycles. The number of benzene rings is 2. The van der Waals surface area contributed by atoms with Crippen molar-refractivity contribution in [3.05, 3.63) is 64.6 Å². The molecule has 0 spiro atoms. The minimum absolute atomic E-state index is 0.0770. The number of carbonyl (C=O) groups excluding carboxylic acids is 1. The highest BCUT2D eigenvalue weighted by Gasteiger charge is 2.19. The van der Waals surface area contributed by atoms with Gasteiger partial charge in [0.2, 0.25) is 0 Å². The van der Waals surface area contributed by atoms with Crippen molar-refractivity contribution in [3.63, 3.8) is 0 Å². The smallest absolute Gasteiger partial charge is 0.276 e. The molecule has 10 heteroatoms. The first-order valence-electron chi connectivity index (χ1n) is 10.3. The molecule has 9 nitrogen and oxygen atoms in total. The quantitative estimate of drug-likeness (QED) is 0.628. The zero-order valence-corrected chi connectivity index (χ0v) is 18.4. The standard InChI is InChI=1S/C22H23N5O4S/c1-27-22(29)18-8-5-4-7-17(18)20(25-27)21(28)24-15-10-12-16(13-11-15)32(30,31)26-19-9-3-2-6-14-23-19/h4-5,7-8,10-13H,2-3,6,9,14H2,1H3,(H,23,26)(H,24,28). The van der Waals surface area contributed by atoms with E-state index >= 15 is 0 Å². The highest BCUT2D eigenvalue weighted by molar-refractivity contribution is 7.90. The van der Waals surface area contributed by atoms with Crippen molar-refractivity contribution in [2.45, 2.75) is 30.6 Å². The summed E-state index contributed by atoms with van der Waals surface area (Å²) < 4.78 is 29.0. The molecule has 1 aromatic heterocycles. The number of carbonyl (C=O) groups is 1. The van der Waals surface area contributed by atoms with Crippen LogP contribution in [0.4, 0.5) is 5.69 Å². The second-order valence-electron chi connectivity index (χ2n) is 7.55. The molecular formula is C22H23N5O4S. The number of hydrogen-bond donors (Lipinski definition) is 2. The van der Waals surface area contributed by atoms with Crippen molar-refractivity contribution in [2.75, 3.05) is 11.9 Å². The number of hydrogen-bond acceptors (Lipinski definition) is 6. The van der Waals surface area contributed by atoms with E-state index in [1.54, 1.807) is 24.3 Å². The molecule has 0 unspecified atom stereocenters. The second kappa shape index (κ2) is 8.91. The normalized spacial score (nSPS) is 14.5. The Labute approximate surface area is 185 Å². The molecule has 1 aliphatic rings. The molecule has 0 saturated heterocycles. The summed E-state index contributed by atoms with van der Waals surface area (Å²) in [6.07, 6.45) is 3.50. The molecule has 0 fully saturated rings. The minimum atomic E-state index is -3.76. The van der Waals surface area contributed by atoms with E-state index in [0.717, 1.165) is 23.9 Å². The third-order valence-electron chi connectivity index (χ3n) is 5.22. The predicted octanol–water partition coefficient (Wildman–Crippen LogP) is 2.44. The van der Waals surface area contributed by atoms with Crippen LogP contribution in [0.15, 0.2) is 63.2 Å². The van der Waals surface area contributed by atoms with Gasteiger partial charge in [-0.05, 0) is 43.2 Å². The van der Waals surface area contributed by atoms with Gasteiger partial charge in [0.1, 0.15) is 5.84 Å². The molecule has 0 saturated carbocycles. The van der Waals surface area contributed by atoms with E-state index in [-0.39, 0.29) is 16.1 Å². The third-order valence-corrected chi connectivity index (χ3v) is 6.62. The van der Waals surface area contributed by atoms with E-state index in [1.165, 1.54) is 31.3 Å². The van der Waals surface area contributed by atoms with Crippen LogP contribution >= 0.6 is 0 Å². The highest BCUT2D eigenvalue weighted by Crippen LogP contribution is 2.18. The SMILES string of the molecule is Cn1nc(C(=O)Nc2ccc(S(=O)(=O)NC3=NCCCCC3)cc2)c2ccccc2c1=O. The maximum absolute atomic E-state index is 12.8. The second-order valence-corrected chi connectivity index (χ2v) is 9.23. The van der Waals surface area contributed by atoms with Crippen molar-refractivity contribution < 1.29 is 13.2 Å². The summed E-state index contributed by atoms with van der Waals surface area (Å²) >= 11 is 0. The Morgan fingerprint density at radius 3 is 2.47 bits per heavy atom. The molecule has 2 aromatic carbocycles. The summed E-state index contributed by atoms with van der Waals surface area (Å²) in [6, 6.07) is 12.6. The molecule has 4 rings (SSSR count). The van der Waals surface area contributed by atoms with E-state index in [0.29, 0.717) is 35.3 Å². The number of aliphatic imine (C=N–C) groups is 1. The molecule has 0 atom stereocenters. The largest absolute Gasteiger partial charge is 0.321 e. The fraction of sp³-hybridized carbons (Fsp3) is 0.273. The van der Waals surface area contributed by atoms with E-state index in [9.17, 15) is 18.0 Å². The monoisotopic (exact) mass is 453 g/mol. The number of sulfonamides is 1. The fourth-order valence-electron chi connectivity index (χ4n) is 3.55. The zero-order chi connectivity index (χ0) is 22.7. The fourth-order valence-corrected chi connectivity index (χ4v) is 4.64. The number of aromatic nitrogens is 2. The van der Waals surface area contributed by atoms with Crippen LogP contribution in [0.2, 0.25) is 0 Å². The predicted molar refractivity (Wildman–Crippen MR) is 122 cm³/mol. The van der Waals surface area contributed by atoms with Crippen LogP contribution in [0.25, 0.3) is 10.8 Å². The molecule has 166 valence electrons. The molecule has 32 heavy (non-hydrogen) atoms. The molecule has 0 aliphatic carbocycles. The van der Waals surface area contributed by atoms with Crippen LogP contribution in [0.3, 0.4) is 0 Å². The van der Waals surface area contributed by atoms with Crippen molar-refractivity contribution in [2.24, 2.45) is 12.0 Å². The molecule has 1 aliphatic heterocycles. The Hall–Kier alpha value is -3.53. The van der Waals surface area contributed by atoms with Crippen LogP contribution in [-0.2, 0) is 17.1 Å². The lowest BCUT2D eigenvalue weighted by atomic mass is 10.1. The van der Waals surface area contributed by atoms with Gasteiger partial charge in [-0.15, -0.1) is 0 Å². The summed E-state index contributed by atoms with van der Waals surface area (Å²) in [6.45, 7) is 0.622. The van der Waals surface area contributed by atoms with Crippen LogP contribution in [0.5, 0.6) is 0 Å². The Kier molecular flexibility index (Phi) is 6.04. The topological polar surface area (TPSA) is 123 Å². The summed E-state index contributed by atoms with van der Waals surface area (Å²) in [5.41, 5.74) is 0.213. The zero-order valence-electron chi connectivity index (χ0n) is 17.5. The molecule has 0 radical (unpaired) electrons. The Bertz CT molecular complexity index is 1360. The summed E-state index contributed by atoms with van der Waals surface area (Å²) in [7, 11) is -2.27. The third kappa shape index (κ3) is 4.54. The number of anilines is 1. The maximum atomic E-state index is 12.8. The van der Waals surface area contributed by atoms with Crippen molar-refractivity contribution in [1.29, 1.82) is 0 Å².